The highest BCUT2D eigenvalue weighted by Gasteiger charge is 2.08. The Hall–Kier alpha value is -0.240. The van der Waals surface area contributed by atoms with E-state index in [2.05, 4.69) is 70.0 Å². The van der Waals surface area contributed by atoms with Crippen molar-refractivity contribution in [2.75, 3.05) is 7.05 Å². The van der Waals surface area contributed by atoms with Gasteiger partial charge >= 0.3 is 3.98 Å². The van der Waals surface area contributed by atoms with Gasteiger partial charge in [0.1, 0.15) is 7.05 Å². The Morgan fingerprint density at radius 3 is 2.37 bits per heavy atom. The van der Waals surface area contributed by atoms with Crippen molar-refractivity contribution >= 4 is 53.7 Å². The highest BCUT2D eigenvalue weighted by molar-refractivity contribution is 9.10. The molecule has 0 bridgehead atoms. The molecular formula is C14H11BrINS2. The molecule has 1 aromatic heterocycles. The predicted molar refractivity (Wildman–Crippen MR) is 84.7 cm³/mol. The topological polar surface area (TPSA) is 3.01 Å². The summed E-state index contributed by atoms with van der Waals surface area (Å²) in [7, 11) is 2.12. The van der Waals surface area contributed by atoms with Crippen LogP contribution in [0.1, 0.15) is 0 Å². The second-order valence-electron chi connectivity index (χ2n) is 3.96. The van der Waals surface area contributed by atoms with Crippen molar-refractivity contribution in [1.29, 1.82) is 0 Å². The Bertz CT molecular complexity index is 762. The average molecular weight is 464 g/mol. The minimum Gasteiger partial charge on any atom is -1.00 e. The number of hydrogen-bond acceptors (Lipinski definition) is 2. The summed E-state index contributed by atoms with van der Waals surface area (Å²) in [6, 6.07) is 16.9. The maximum Gasteiger partial charge on any atom is 0.320 e. The van der Waals surface area contributed by atoms with Crippen molar-refractivity contribution in [3.05, 3.63) is 57.0 Å². The molecule has 0 radical (unpaired) electrons. The molecule has 0 amide bonds. The molecule has 0 fully saturated rings. The maximum absolute atomic E-state index is 3.52. The third-order valence-corrected chi connectivity index (χ3v) is 5.87. The molecular weight excluding hydrogens is 453 g/mol. The summed E-state index contributed by atoms with van der Waals surface area (Å²) in [5.41, 5.74) is 1.22. The Kier molecular flexibility index (Phi) is 5.16. The molecule has 0 spiro atoms. The van der Waals surface area contributed by atoms with E-state index in [9.17, 15) is 0 Å². The standard InChI is InChI=1S/C14H11BrNS2.HI/c1-16(11-5-3-2-4-6-11)14-17-12-8-7-10(15)9-13(12)18-14;/h2-9H,1H3;1H/q+1;/p-1. The highest BCUT2D eigenvalue weighted by atomic mass is 127. The van der Waals surface area contributed by atoms with Crippen LogP contribution in [-0.2, 0) is 0 Å². The van der Waals surface area contributed by atoms with Crippen molar-refractivity contribution in [3.63, 3.8) is 0 Å². The van der Waals surface area contributed by atoms with Crippen molar-refractivity contribution < 1.29 is 24.0 Å². The van der Waals surface area contributed by atoms with Crippen LogP contribution >= 0.6 is 38.6 Å². The Balaban J connectivity index is 0.00000133. The summed E-state index contributed by atoms with van der Waals surface area (Å²) in [5, 5.41) is 0. The molecule has 0 aliphatic heterocycles. The molecule has 2 aromatic carbocycles. The monoisotopic (exact) mass is 463 g/mol. The molecule has 0 saturated heterocycles. The molecule has 0 saturated carbocycles. The lowest BCUT2D eigenvalue weighted by atomic mass is 10.3. The van der Waals surface area contributed by atoms with Gasteiger partial charge in [-0.3, -0.25) is 0 Å². The Labute approximate surface area is 145 Å². The van der Waals surface area contributed by atoms with Crippen LogP contribution in [0.5, 0.6) is 0 Å². The minimum absolute atomic E-state index is 0. The van der Waals surface area contributed by atoms with Gasteiger partial charge < -0.3 is 24.0 Å². The van der Waals surface area contributed by atoms with E-state index in [0.717, 1.165) is 4.47 Å². The fraction of sp³-hybridized carbons (Fsp3) is 0.0714. The van der Waals surface area contributed by atoms with E-state index in [4.69, 9.17) is 0 Å². The van der Waals surface area contributed by atoms with Crippen LogP contribution in [0.15, 0.2) is 53.0 Å². The molecule has 0 atom stereocenters. The summed E-state index contributed by atoms with van der Waals surface area (Å²) in [6.45, 7) is 0. The number of rotatable bonds is 1. The van der Waals surface area contributed by atoms with Crippen LogP contribution in [-0.4, -0.2) is 7.05 Å². The first-order valence-corrected chi connectivity index (χ1v) is 7.97. The van der Waals surface area contributed by atoms with Crippen LogP contribution in [0.25, 0.3) is 9.40 Å². The van der Waals surface area contributed by atoms with E-state index in [1.165, 1.54) is 19.1 Å². The lowest BCUT2D eigenvalue weighted by molar-refractivity contribution is -0.00000326. The van der Waals surface area contributed by atoms with Gasteiger partial charge in [-0.05, 0) is 18.2 Å². The van der Waals surface area contributed by atoms with Gasteiger partial charge in [0.05, 0.1) is 9.40 Å². The molecule has 19 heavy (non-hydrogen) atoms. The van der Waals surface area contributed by atoms with Gasteiger partial charge in [-0.2, -0.15) is 4.58 Å². The zero-order chi connectivity index (χ0) is 12.5. The third kappa shape index (κ3) is 3.26. The van der Waals surface area contributed by atoms with E-state index in [1.54, 1.807) is 0 Å². The van der Waals surface area contributed by atoms with Crippen LogP contribution in [0.3, 0.4) is 0 Å². The summed E-state index contributed by atoms with van der Waals surface area (Å²) in [6.07, 6.45) is 0. The molecule has 3 aromatic rings. The average Bonchev–Trinajstić information content (AvgIpc) is 2.81. The lowest BCUT2D eigenvalue weighted by Crippen LogP contribution is -3.00. The van der Waals surface area contributed by atoms with Gasteiger partial charge in [0, 0.05) is 16.6 Å². The van der Waals surface area contributed by atoms with Crippen molar-refractivity contribution in [1.82, 2.24) is 4.58 Å². The highest BCUT2D eigenvalue weighted by Crippen LogP contribution is 2.25. The number of benzene rings is 2. The number of hydrogen-bond donors (Lipinski definition) is 0. The molecule has 98 valence electrons. The third-order valence-electron chi connectivity index (χ3n) is 2.72. The van der Waals surface area contributed by atoms with Crippen LogP contribution < -0.4 is 32.5 Å². The summed E-state index contributed by atoms with van der Waals surface area (Å²) in [5.74, 6) is 0. The van der Waals surface area contributed by atoms with E-state index in [-0.39, 0.29) is 24.0 Å². The normalized spacial score (nSPS) is 12.1. The molecule has 3 rings (SSSR count). The first-order chi connectivity index (χ1) is 8.74. The second-order valence-corrected chi connectivity index (χ2v) is 7.19. The van der Waals surface area contributed by atoms with Crippen molar-refractivity contribution in [3.8, 4) is 0 Å². The summed E-state index contributed by atoms with van der Waals surface area (Å²) < 4.78 is 7.34. The lowest BCUT2D eigenvalue weighted by Gasteiger charge is -1.91. The van der Waals surface area contributed by atoms with Crippen LogP contribution in [0.2, 0.25) is 0 Å². The fourth-order valence-corrected chi connectivity index (χ4v) is 4.73. The quantitative estimate of drug-likeness (QED) is 0.379. The van der Waals surface area contributed by atoms with Gasteiger partial charge in [0.2, 0.25) is 5.69 Å². The number of para-hydroxylation sites is 1. The first-order valence-electron chi connectivity index (χ1n) is 5.55. The van der Waals surface area contributed by atoms with Gasteiger partial charge in [-0.1, -0.05) is 56.8 Å². The zero-order valence-electron chi connectivity index (χ0n) is 10.1. The SMILES string of the molecule is C[N+](c1ccccc1)=c1sc2ccc(Br)cc2s1.[I-]. The van der Waals surface area contributed by atoms with E-state index >= 15 is 0 Å². The van der Waals surface area contributed by atoms with Crippen molar-refractivity contribution in [2.45, 2.75) is 0 Å². The first kappa shape index (κ1) is 15.2. The molecule has 5 heteroatoms. The predicted octanol–water partition coefficient (Wildman–Crippen LogP) is 1.46. The molecule has 0 aliphatic rings. The molecule has 0 aliphatic carbocycles. The van der Waals surface area contributed by atoms with Gasteiger partial charge in [-0.25, -0.2) is 0 Å². The van der Waals surface area contributed by atoms with E-state index < -0.39 is 0 Å². The zero-order valence-corrected chi connectivity index (χ0v) is 15.5. The number of halogens is 2. The Morgan fingerprint density at radius 1 is 0.947 bits per heavy atom. The molecule has 1 heterocycles. The maximum atomic E-state index is 3.52. The van der Waals surface area contributed by atoms with Crippen LogP contribution in [0, 0.1) is 0 Å². The number of nitrogens with zero attached hydrogens (tertiary/aromatic N) is 1. The Morgan fingerprint density at radius 2 is 1.63 bits per heavy atom. The van der Waals surface area contributed by atoms with E-state index in [1.807, 2.05) is 28.7 Å². The van der Waals surface area contributed by atoms with E-state index in [0.29, 0.717) is 0 Å². The van der Waals surface area contributed by atoms with Gasteiger partial charge in [0.15, 0.2) is 0 Å². The smallest absolute Gasteiger partial charge is 0.320 e. The summed E-state index contributed by atoms with van der Waals surface area (Å²) >= 11 is 7.18. The van der Waals surface area contributed by atoms with Gasteiger partial charge in [-0.15, -0.1) is 0 Å². The fourth-order valence-electron chi connectivity index (χ4n) is 1.75. The van der Waals surface area contributed by atoms with Crippen molar-refractivity contribution in [2.24, 2.45) is 0 Å². The largest absolute Gasteiger partial charge is 1.00 e. The summed E-state index contributed by atoms with van der Waals surface area (Å²) in [4.78, 5) is 0. The molecule has 0 N–H and O–H groups in total. The van der Waals surface area contributed by atoms with Crippen LogP contribution in [0.4, 0.5) is 5.69 Å². The van der Waals surface area contributed by atoms with Gasteiger partial charge in [0.25, 0.3) is 0 Å². The second kappa shape index (κ2) is 6.47. The molecule has 0 unspecified atom stereocenters. The molecule has 1 nitrogen and oxygen atoms in total. The minimum atomic E-state index is 0. The number of fused-ring (bicyclic) bond motifs is 1.